The molecule has 0 aliphatic heterocycles. The fraction of sp³-hybridized carbons (Fsp3) is 1.00. The minimum atomic E-state index is -4.12. The quantitative estimate of drug-likeness (QED) is 0.814. The third-order valence-electron chi connectivity index (χ3n) is 3.33. The van der Waals surface area contributed by atoms with Crippen molar-refractivity contribution in [2.75, 3.05) is 19.6 Å². The van der Waals surface area contributed by atoms with Gasteiger partial charge in [0.15, 0.2) is 0 Å². The highest BCUT2D eigenvalue weighted by Gasteiger charge is 2.35. The summed E-state index contributed by atoms with van der Waals surface area (Å²) in [6, 6.07) is 0.0546. The Hall–Kier alpha value is -0.290. The van der Waals surface area contributed by atoms with E-state index in [9.17, 15) is 13.2 Å². The van der Waals surface area contributed by atoms with E-state index in [0.717, 1.165) is 25.7 Å². The van der Waals surface area contributed by atoms with Crippen LogP contribution in [0, 0.1) is 5.92 Å². The molecule has 1 aliphatic rings. The molecule has 5 heteroatoms. The van der Waals surface area contributed by atoms with Crippen LogP contribution in [-0.2, 0) is 0 Å². The van der Waals surface area contributed by atoms with E-state index in [0.29, 0.717) is 19.0 Å². The van der Waals surface area contributed by atoms with Crippen LogP contribution in [0.5, 0.6) is 0 Å². The van der Waals surface area contributed by atoms with Crippen molar-refractivity contribution in [1.29, 1.82) is 0 Å². The van der Waals surface area contributed by atoms with Gasteiger partial charge in [-0.1, -0.05) is 19.8 Å². The van der Waals surface area contributed by atoms with Crippen molar-refractivity contribution in [3.05, 3.63) is 0 Å². The van der Waals surface area contributed by atoms with Crippen molar-refractivity contribution in [2.24, 2.45) is 11.7 Å². The second-order valence-electron chi connectivity index (χ2n) is 4.70. The van der Waals surface area contributed by atoms with E-state index in [-0.39, 0.29) is 6.04 Å². The van der Waals surface area contributed by atoms with Gasteiger partial charge < -0.3 is 5.73 Å². The zero-order valence-corrected chi connectivity index (χ0v) is 9.76. The average molecular weight is 238 g/mol. The maximum Gasteiger partial charge on any atom is 0.401 e. The van der Waals surface area contributed by atoms with Crippen LogP contribution in [0.2, 0.25) is 0 Å². The molecular formula is C11H21F3N2. The highest BCUT2D eigenvalue weighted by atomic mass is 19.4. The summed E-state index contributed by atoms with van der Waals surface area (Å²) in [4.78, 5) is 1.52. The van der Waals surface area contributed by atoms with Crippen molar-refractivity contribution < 1.29 is 13.2 Å². The third kappa shape index (κ3) is 4.29. The Balaban J connectivity index is 2.60. The first kappa shape index (κ1) is 13.8. The van der Waals surface area contributed by atoms with Gasteiger partial charge in [0.1, 0.15) is 0 Å². The summed E-state index contributed by atoms with van der Waals surface area (Å²) in [5.41, 5.74) is 5.39. The van der Waals surface area contributed by atoms with Crippen molar-refractivity contribution in [3.8, 4) is 0 Å². The Morgan fingerprint density at radius 2 is 1.88 bits per heavy atom. The minimum absolute atomic E-state index is 0.0546. The largest absolute Gasteiger partial charge is 0.401 e. The molecule has 0 aromatic heterocycles. The van der Waals surface area contributed by atoms with Gasteiger partial charge >= 0.3 is 6.18 Å². The average Bonchev–Trinajstić information content (AvgIpc) is 2.16. The standard InChI is InChI=1S/C11H21F3N2/c1-9-4-2-3-5-10(9)16(7-6-15)8-11(12,13)14/h9-10H,2-8,15H2,1H3. The highest BCUT2D eigenvalue weighted by Crippen LogP contribution is 2.30. The van der Waals surface area contributed by atoms with Crippen LogP contribution in [0.1, 0.15) is 32.6 Å². The molecule has 16 heavy (non-hydrogen) atoms. The van der Waals surface area contributed by atoms with Crippen LogP contribution in [-0.4, -0.2) is 36.8 Å². The Labute approximate surface area is 95.0 Å². The SMILES string of the molecule is CC1CCCCC1N(CCN)CC(F)(F)F. The number of hydrogen-bond acceptors (Lipinski definition) is 2. The Bertz CT molecular complexity index is 206. The Kier molecular flexibility index (Phi) is 5.05. The molecule has 2 N–H and O–H groups in total. The predicted molar refractivity (Wildman–Crippen MR) is 58.1 cm³/mol. The van der Waals surface area contributed by atoms with E-state index < -0.39 is 12.7 Å². The van der Waals surface area contributed by atoms with Gasteiger partial charge in [0, 0.05) is 19.1 Å². The first-order valence-electron chi connectivity index (χ1n) is 5.95. The molecule has 0 bridgehead atoms. The number of hydrogen-bond donors (Lipinski definition) is 1. The van der Waals surface area contributed by atoms with E-state index in [1.807, 2.05) is 6.92 Å². The molecule has 0 saturated heterocycles. The van der Waals surface area contributed by atoms with E-state index in [1.54, 1.807) is 0 Å². The molecule has 2 nitrogen and oxygen atoms in total. The van der Waals surface area contributed by atoms with Crippen molar-refractivity contribution in [2.45, 2.75) is 44.8 Å². The second-order valence-corrected chi connectivity index (χ2v) is 4.70. The number of nitrogens with two attached hydrogens (primary N) is 1. The summed E-state index contributed by atoms with van der Waals surface area (Å²) in [5, 5.41) is 0. The summed E-state index contributed by atoms with van der Waals surface area (Å²) in [6.45, 7) is 1.86. The van der Waals surface area contributed by atoms with Gasteiger partial charge in [-0.3, -0.25) is 4.90 Å². The summed E-state index contributed by atoms with van der Waals surface area (Å²) < 4.78 is 37.3. The minimum Gasteiger partial charge on any atom is -0.329 e. The monoisotopic (exact) mass is 238 g/mol. The van der Waals surface area contributed by atoms with Crippen LogP contribution in [0.3, 0.4) is 0 Å². The van der Waals surface area contributed by atoms with Gasteiger partial charge in [-0.05, 0) is 18.8 Å². The highest BCUT2D eigenvalue weighted by molar-refractivity contribution is 4.82. The normalized spacial score (nSPS) is 27.4. The topological polar surface area (TPSA) is 29.3 Å². The predicted octanol–water partition coefficient (Wildman–Crippen LogP) is 2.39. The summed E-state index contributed by atoms with van der Waals surface area (Å²) in [7, 11) is 0. The summed E-state index contributed by atoms with van der Waals surface area (Å²) >= 11 is 0. The molecule has 0 amide bonds. The molecule has 0 spiro atoms. The molecule has 0 radical (unpaired) electrons. The fourth-order valence-electron chi connectivity index (χ4n) is 2.60. The fourth-order valence-corrected chi connectivity index (χ4v) is 2.60. The molecule has 2 unspecified atom stereocenters. The molecule has 0 aromatic rings. The number of nitrogens with zero attached hydrogens (tertiary/aromatic N) is 1. The van der Waals surface area contributed by atoms with Gasteiger partial charge in [-0.25, -0.2) is 0 Å². The molecule has 96 valence electrons. The maximum absolute atomic E-state index is 12.4. The molecule has 2 atom stereocenters. The van der Waals surface area contributed by atoms with Crippen molar-refractivity contribution >= 4 is 0 Å². The van der Waals surface area contributed by atoms with Crippen molar-refractivity contribution in [3.63, 3.8) is 0 Å². The van der Waals surface area contributed by atoms with E-state index in [1.165, 1.54) is 4.90 Å². The van der Waals surface area contributed by atoms with Crippen LogP contribution in [0.15, 0.2) is 0 Å². The zero-order chi connectivity index (χ0) is 12.2. The first-order valence-corrected chi connectivity index (χ1v) is 5.95. The van der Waals surface area contributed by atoms with Gasteiger partial charge in [0.2, 0.25) is 0 Å². The number of rotatable bonds is 4. The van der Waals surface area contributed by atoms with E-state index in [4.69, 9.17) is 5.73 Å². The summed E-state index contributed by atoms with van der Waals surface area (Å²) in [6.07, 6.45) is -0.0404. The zero-order valence-electron chi connectivity index (χ0n) is 9.76. The summed E-state index contributed by atoms with van der Waals surface area (Å²) in [5.74, 6) is 0.350. The van der Waals surface area contributed by atoms with Crippen molar-refractivity contribution in [1.82, 2.24) is 4.90 Å². The van der Waals surface area contributed by atoms with Gasteiger partial charge in [-0.2, -0.15) is 13.2 Å². The van der Waals surface area contributed by atoms with Crippen LogP contribution >= 0.6 is 0 Å². The molecule has 0 heterocycles. The second kappa shape index (κ2) is 5.87. The lowest BCUT2D eigenvalue weighted by atomic mass is 9.85. The number of alkyl halides is 3. The van der Waals surface area contributed by atoms with Gasteiger partial charge in [0.05, 0.1) is 6.54 Å². The molecule has 1 saturated carbocycles. The van der Waals surface area contributed by atoms with Gasteiger partial charge in [0.25, 0.3) is 0 Å². The Morgan fingerprint density at radius 1 is 1.25 bits per heavy atom. The van der Waals surface area contributed by atoms with E-state index in [2.05, 4.69) is 0 Å². The molecule has 1 fully saturated rings. The molecule has 0 aromatic carbocycles. The van der Waals surface area contributed by atoms with Crippen LogP contribution < -0.4 is 5.73 Å². The van der Waals surface area contributed by atoms with Gasteiger partial charge in [-0.15, -0.1) is 0 Å². The van der Waals surface area contributed by atoms with Crippen LogP contribution in [0.25, 0.3) is 0 Å². The first-order chi connectivity index (χ1) is 7.44. The number of halogens is 3. The maximum atomic E-state index is 12.4. The smallest absolute Gasteiger partial charge is 0.329 e. The molecule has 1 rings (SSSR count). The lowest BCUT2D eigenvalue weighted by Crippen LogP contribution is -2.48. The Morgan fingerprint density at radius 3 is 2.38 bits per heavy atom. The molecular weight excluding hydrogens is 217 g/mol. The lowest BCUT2D eigenvalue weighted by Gasteiger charge is -2.38. The van der Waals surface area contributed by atoms with Crippen LogP contribution in [0.4, 0.5) is 13.2 Å². The third-order valence-corrected chi connectivity index (χ3v) is 3.33. The van der Waals surface area contributed by atoms with E-state index >= 15 is 0 Å². The lowest BCUT2D eigenvalue weighted by molar-refractivity contribution is -0.154. The molecule has 1 aliphatic carbocycles.